The van der Waals surface area contributed by atoms with Crippen LogP contribution in [0.1, 0.15) is 44.2 Å². The molecular formula is C29H36FN5O6S. The van der Waals surface area contributed by atoms with Crippen molar-refractivity contribution in [1.29, 1.82) is 0 Å². The zero-order valence-corrected chi connectivity index (χ0v) is 24.4. The number of carbonyl (C=O) groups is 3. The predicted octanol–water partition coefficient (Wildman–Crippen LogP) is 1.31. The second-order valence-corrected chi connectivity index (χ2v) is 12.8. The molecule has 0 spiro atoms. The maximum Gasteiger partial charge on any atom is 0.247 e. The van der Waals surface area contributed by atoms with Gasteiger partial charge in [0.1, 0.15) is 23.7 Å². The third-order valence-corrected chi connectivity index (χ3v) is 10.2. The Hall–Kier alpha value is -3.55. The van der Waals surface area contributed by atoms with Gasteiger partial charge < -0.3 is 25.6 Å². The highest BCUT2D eigenvalue weighted by Gasteiger charge is 2.47. The normalized spacial score (nSPS) is 25.3. The summed E-state index contributed by atoms with van der Waals surface area (Å²) in [5.74, 6) is -1.15. The fourth-order valence-electron chi connectivity index (χ4n) is 5.87. The van der Waals surface area contributed by atoms with Crippen LogP contribution in [0.5, 0.6) is 5.75 Å². The van der Waals surface area contributed by atoms with Gasteiger partial charge in [-0.1, -0.05) is 18.2 Å². The van der Waals surface area contributed by atoms with Crippen molar-refractivity contribution >= 4 is 27.7 Å². The van der Waals surface area contributed by atoms with Gasteiger partial charge in [-0.05, 0) is 63.6 Å². The summed E-state index contributed by atoms with van der Waals surface area (Å²) >= 11 is 0. The van der Waals surface area contributed by atoms with Gasteiger partial charge in [-0.15, -0.1) is 0 Å². The number of likely N-dealkylation sites (N-methyl/N-ethyl adjacent to an activating group) is 1. The molecule has 42 heavy (non-hydrogen) atoms. The number of amides is 3. The lowest BCUT2D eigenvalue weighted by atomic mass is 10.00. The number of ether oxygens (including phenoxy) is 1. The zero-order valence-electron chi connectivity index (χ0n) is 23.6. The van der Waals surface area contributed by atoms with Gasteiger partial charge in [0.05, 0.1) is 23.6 Å². The molecule has 0 saturated carbocycles. The highest BCUT2D eigenvalue weighted by Crippen LogP contribution is 2.34. The molecule has 2 fully saturated rings. The Kier molecular flexibility index (Phi) is 8.81. The molecule has 226 valence electrons. The van der Waals surface area contributed by atoms with E-state index in [-0.39, 0.29) is 29.9 Å². The van der Waals surface area contributed by atoms with Crippen molar-refractivity contribution in [3.8, 4) is 5.75 Å². The van der Waals surface area contributed by atoms with Gasteiger partial charge in [-0.25, -0.2) is 12.8 Å². The smallest absolute Gasteiger partial charge is 0.247 e. The van der Waals surface area contributed by atoms with Gasteiger partial charge in [0.15, 0.2) is 0 Å². The summed E-state index contributed by atoms with van der Waals surface area (Å²) < 4.78 is 47.5. The van der Waals surface area contributed by atoms with Crippen molar-refractivity contribution in [1.82, 2.24) is 25.2 Å². The van der Waals surface area contributed by atoms with E-state index in [1.54, 1.807) is 14.0 Å². The topological polar surface area (TPSA) is 137 Å². The average molecular weight is 602 g/mol. The maximum absolute atomic E-state index is 14.1. The maximum atomic E-state index is 14.1. The number of rotatable bonds is 7. The first-order valence-electron chi connectivity index (χ1n) is 14.2. The molecule has 13 heteroatoms. The third kappa shape index (κ3) is 5.99. The average Bonchev–Trinajstić information content (AvgIpc) is 3.41. The number of sulfonamides is 1. The second-order valence-electron chi connectivity index (χ2n) is 10.9. The lowest BCUT2D eigenvalue weighted by Gasteiger charge is -2.39. The van der Waals surface area contributed by atoms with Crippen LogP contribution in [0.4, 0.5) is 4.39 Å². The minimum atomic E-state index is -4.10. The lowest BCUT2D eigenvalue weighted by Crippen LogP contribution is -2.62. The van der Waals surface area contributed by atoms with Crippen LogP contribution in [0, 0.1) is 5.82 Å². The molecule has 3 heterocycles. The van der Waals surface area contributed by atoms with Crippen molar-refractivity contribution in [3.05, 3.63) is 59.9 Å². The van der Waals surface area contributed by atoms with E-state index >= 15 is 0 Å². The van der Waals surface area contributed by atoms with E-state index in [4.69, 9.17) is 4.74 Å². The van der Waals surface area contributed by atoms with E-state index in [0.717, 1.165) is 22.0 Å². The molecule has 0 aliphatic carbocycles. The van der Waals surface area contributed by atoms with Gasteiger partial charge in [-0.2, -0.15) is 4.31 Å². The Morgan fingerprint density at radius 3 is 2.48 bits per heavy atom. The summed E-state index contributed by atoms with van der Waals surface area (Å²) in [4.78, 5) is 42.1. The monoisotopic (exact) mass is 601 g/mol. The number of nitrogens with one attached hydrogen (secondary N) is 3. The molecule has 2 aromatic carbocycles. The van der Waals surface area contributed by atoms with E-state index in [2.05, 4.69) is 16.0 Å². The van der Waals surface area contributed by atoms with E-state index in [1.165, 1.54) is 17.0 Å². The molecule has 3 aliphatic rings. The molecule has 11 nitrogen and oxygen atoms in total. The van der Waals surface area contributed by atoms with Gasteiger partial charge in [-0.3, -0.25) is 14.4 Å². The quantitative estimate of drug-likeness (QED) is 0.435. The van der Waals surface area contributed by atoms with E-state index in [9.17, 15) is 27.2 Å². The summed E-state index contributed by atoms with van der Waals surface area (Å²) in [6, 6.07) is 8.68. The molecule has 3 aliphatic heterocycles. The molecule has 0 unspecified atom stereocenters. The zero-order chi connectivity index (χ0) is 30.0. The van der Waals surface area contributed by atoms with Gasteiger partial charge in [0, 0.05) is 31.1 Å². The molecule has 3 N–H and O–H groups in total. The Morgan fingerprint density at radius 1 is 1.00 bits per heavy atom. The van der Waals surface area contributed by atoms with Crippen LogP contribution in [-0.4, -0.2) is 86.3 Å². The Bertz CT molecular complexity index is 1440. The van der Waals surface area contributed by atoms with E-state index in [1.807, 2.05) is 24.3 Å². The first-order valence-corrected chi connectivity index (χ1v) is 15.6. The number of halogens is 1. The molecule has 0 bridgehead atoms. The fraction of sp³-hybridized carbons (Fsp3) is 0.483. The van der Waals surface area contributed by atoms with Crippen molar-refractivity contribution in [2.24, 2.45) is 0 Å². The summed E-state index contributed by atoms with van der Waals surface area (Å²) in [5.41, 5.74) is 0.874. The van der Waals surface area contributed by atoms with Crippen LogP contribution >= 0.6 is 0 Å². The van der Waals surface area contributed by atoms with Crippen LogP contribution in [0.2, 0.25) is 0 Å². The van der Waals surface area contributed by atoms with Gasteiger partial charge in [0.25, 0.3) is 0 Å². The van der Waals surface area contributed by atoms with E-state index < -0.39 is 51.8 Å². The lowest BCUT2D eigenvalue weighted by molar-refractivity contribution is -0.144. The van der Waals surface area contributed by atoms with Crippen molar-refractivity contribution in [2.75, 3.05) is 26.7 Å². The van der Waals surface area contributed by atoms with Crippen LogP contribution in [0.25, 0.3) is 0 Å². The highest BCUT2D eigenvalue weighted by molar-refractivity contribution is 7.89. The molecule has 3 amide bonds. The summed E-state index contributed by atoms with van der Waals surface area (Å²) in [5, 5.41) is 8.63. The molecular weight excluding hydrogens is 565 g/mol. The molecule has 2 saturated heterocycles. The van der Waals surface area contributed by atoms with E-state index in [0.29, 0.717) is 38.0 Å². The SMILES string of the molecule is CN[C@@H](C)C(=O)N[C@H]1CN(S(=O)(=O)c2ccc(F)cc2)CC[C@H]2CC[C@@H](C(=O)N[C@@H]3CCOc4ccccc43)N2C1=O. The Balaban J connectivity index is 1.40. The van der Waals surface area contributed by atoms with Crippen LogP contribution in [0.15, 0.2) is 53.4 Å². The number of hydrogen-bond donors (Lipinski definition) is 3. The third-order valence-electron chi connectivity index (χ3n) is 8.32. The molecule has 5 atom stereocenters. The van der Waals surface area contributed by atoms with Crippen molar-refractivity contribution in [2.45, 2.75) is 67.7 Å². The summed E-state index contributed by atoms with van der Waals surface area (Å²) in [6.45, 7) is 1.81. The number of para-hydroxylation sites is 1. The standard InChI is InChI=1S/C29H36FN5O6S/c1-18(31-2)27(36)33-24-17-34(42(39,40)21-10-7-19(30)8-11-21)15-13-20-9-12-25(35(20)29(24)38)28(37)32-23-14-16-41-26-6-4-3-5-22(23)26/h3-8,10-11,18,20,23-25,31H,9,12-17H2,1-2H3,(H,32,37)(H,33,36)/t18-,20+,23+,24-,25-/m0/s1. The highest BCUT2D eigenvalue weighted by atomic mass is 32.2. The molecule has 0 radical (unpaired) electrons. The van der Waals surface area contributed by atoms with Crippen LogP contribution in [-0.2, 0) is 24.4 Å². The summed E-state index contributed by atoms with van der Waals surface area (Å²) in [7, 11) is -2.51. The number of fused-ring (bicyclic) bond motifs is 2. The van der Waals surface area contributed by atoms with Gasteiger partial charge >= 0.3 is 0 Å². The Labute approximate surface area is 244 Å². The van der Waals surface area contributed by atoms with Crippen molar-refractivity contribution in [3.63, 3.8) is 0 Å². The fourth-order valence-corrected chi connectivity index (χ4v) is 7.34. The minimum absolute atomic E-state index is 0.0593. The number of carbonyl (C=O) groups excluding carboxylic acids is 3. The molecule has 2 aromatic rings. The number of benzene rings is 2. The second kappa shape index (κ2) is 12.4. The first-order chi connectivity index (χ1) is 20.1. The molecule has 5 rings (SSSR count). The van der Waals surface area contributed by atoms with Crippen molar-refractivity contribution < 1.29 is 31.9 Å². The van der Waals surface area contributed by atoms with Gasteiger partial charge in [0.2, 0.25) is 27.7 Å². The summed E-state index contributed by atoms with van der Waals surface area (Å²) in [6.07, 6.45) is 1.81. The largest absolute Gasteiger partial charge is 0.493 e. The van der Waals surface area contributed by atoms with Crippen LogP contribution < -0.4 is 20.7 Å². The number of nitrogens with zero attached hydrogens (tertiary/aromatic N) is 2. The Morgan fingerprint density at radius 2 is 1.74 bits per heavy atom. The minimum Gasteiger partial charge on any atom is -0.493 e. The first kappa shape index (κ1) is 29.9. The predicted molar refractivity (Wildman–Crippen MR) is 151 cm³/mol. The van der Waals surface area contributed by atoms with Crippen LogP contribution in [0.3, 0.4) is 0 Å². The number of hydrogen-bond acceptors (Lipinski definition) is 7. The molecule has 0 aromatic heterocycles.